The van der Waals surface area contributed by atoms with E-state index in [0.29, 0.717) is 34.4 Å². The zero-order valence-electron chi connectivity index (χ0n) is 21.0. The number of hydrogen-bond acceptors (Lipinski definition) is 5. The molecule has 0 amide bonds. The van der Waals surface area contributed by atoms with Crippen LogP contribution in [0.1, 0.15) is 43.4 Å². The highest BCUT2D eigenvalue weighted by Crippen LogP contribution is 2.26. The molecular weight excluding hydrogens is 502 g/mol. The number of aromatic nitrogens is 4. The Bertz CT molecular complexity index is 1620. The predicted molar refractivity (Wildman–Crippen MR) is 137 cm³/mol. The number of halogens is 3. The van der Waals surface area contributed by atoms with Gasteiger partial charge in [0.15, 0.2) is 5.82 Å². The number of ether oxygens (including phenoxy) is 1. The van der Waals surface area contributed by atoms with Gasteiger partial charge in [0.25, 0.3) is 11.1 Å². The molecule has 4 aromatic rings. The molecule has 0 N–H and O–H groups in total. The summed E-state index contributed by atoms with van der Waals surface area (Å²) in [6.45, 7) is 8.95. The largest absolute Gasteiger partial charge is 0.485 e. The third kappa shape index (κ3) is 5.17. The van der Waals surface area contributed by atoms with Crippen molar-refractivity contribution in [1.82, 2.24) is 19.1 Å². The number of aryl methyl sites for hydroxylation is 2. The Morgan fingerprint density at radius 1 is 1.03 bits per heavy atom. The fourth-order valence-electron chi connectivity index (χ4n) is 3.92. The van der Waals surface area contributed by atoms with Crippen LogP contribution in [0, 0.1) is 25.5 Å². The molecule has 0 saturated carbocycles. The SMILES string of the molecule is Cc1ncc(-n2cccc(C(C)(C)C)c2=O)cc1-n1c(C)cc(OCc2ncc(F)cc2F)c(Cl)c1=O. The smallest absolute Gasteiger partial charge is 0.277 e. The van der Waals surface area contributed by atoms with E-state index in [1.165, 1.54) is 15.2 Å². The van der Waals surface area contributed by atoms with E-state index in [0.717, 1.165) is 6.20 Å². The van der Waals surface area contributed by atoms with Crippen LogP contribution in [0.15, 0.2) is 58.5 Å². The van der Waals surface area contributed by atoms with E-state index in [4.69, 9.17) is 16.3 Å². The van der Waals surface area contributed by atoms with Crippen LogP contribution in [-0.4, -0.2) is 19.1 Å². The maximum atomic E-state index is 13.9. The van der Waals surface area contributed by atoms with Crippen LogP contribution in [-0.2, 0) is 12.0 Å². The molecule has 0 spiro atoms. The van der Waals surface area contributed by atoms with Crippen molar-refractivity contribution in [1.29, 1.82) is 0 Å². The minimum absolute atomic E-state index is 0.0295. The van der Waals surface area contributed by atoms with Crippen molar-refractivity contribution in [3.8, 4) is 17.1 Å². The number of nitrogens with zero attached hydrogens (tertiary/aromatic N) is 4. The van der Waals surface area contributed by atoms with E-state index >= 15 is 0 Å². The van der Waals surface area contributed by atoms with Crippen molar-refractivity contribution < 1.29 is 13.5 Å². The van der Waals surface area contributed by atoms with Crippen molar-refractivity contribution >= 4 is 11.6 Å². The number of pyridine rings is 4. The Balaban J connectivity index is 1.76. The van der Waals surface area contributed by atoms with Crippen LogP contribution in [0.2, 0.25) is 5.02 Å². The molecule has 0 radical (unpaired) electrons. The molecule has 37 heavy (non-hydrogen) atoms. The highest BCUT2D eigenvalue weighted by atomic mass is 35.5. The lowest BCUT2D eigenvalue weighted by Gasteiger charge is -2.20. The lowest BCUT2D eigenvalue weighted by molar-refractivity contribution is 0.292. The van der Waals surface area contributed by atoms with E-state index in [-0.39, 0.29) is 34.0 Å². The van der Waals surface area contributed by atoms with Gasteiger partial charge in [0.2, 0.25) is 0 Å². The summed E-state index contributed by atoms with van der Waals surface area (Å²) in [5, 5.41) is -0.232. The fourth-order valence-corrected chi connectivity index (χ4v) is 4.11. The quantitative estimate of drug-likeness (QED) is 0.357. The Morgan fingerprint density at radius 3 is 2.43 bits per heavy atom. The first-order valence-corrected chi connectivity index (χ1v) is 11.8. The summed E-state index contributed by atoms with van der Waals surface area (Å²) < 4.78 is 35.4. The van der Waals surface area contributed by atoms with Gasteiger partial charge >= 0.3 is 0 Å². The highest BCUT2D eigenvalue weighted by molar-refractivity contribution is 6.31. The third-order valence-corrected chi connectivity index (χ3v) is 6.22. The summed E-state index contributed by atoms with van der Waals surface area (Å²) >= 11 is 6.35. The minimum atomic E-state index is -0.870. The molecule has 0 unspecified atom stereocenters. The first-order chi connectivity index (χ1) is 17.4. The second kappa shape index (κ2) is 9.89. The fraction of sp³-hybridized carbons (Fsp3) is 0.259. The maximum Gasteiger partial charge on any atom is 0.277 e. The van der Waals surface area contributed by atoms with E-state index in [1.807, 2.05) is 20.8 Å². The first kappa shape index (κ1) is 26.2. The number of rotatable bonds is 5. The van der Waals surface area contributed by atoms with Gasteiger partial charge in [-0.15, -0.1) is 0 Å². The molecule has 4 rings (SSSR count). The van der Waals surface area contributed by atoms with Gasteiger partial charge in [-0.2, -0.15) is 0 Å². The molecule has 0 fully saturated rings. The average Bonchev–Trinajstić information content (AvgIpc) is 2.82. The van der Waals surface area contributed by atoms with E-state index in [1.54, 1.807) is 44.4 Å². The topological polar surface area (TPSA) is 79.0 Å². The lowest BCUT2D eigenvalue weighted by Crippen LogP contribution is -2.29. The summed E-state index contributed by atoms with van der Waals surface area (Å²) in [6, 6.07) is 7.51. The molecule has 0 aliphatic carbocycles. The zero-order chi connectivity index (χ0) is 27.1. The van der Waals surface area contributed by atoms with Gasteiger partial charge in [0, 0.05) is 29.6 Å². The molecule has 4 heterocycles. The minimum Gasteiger partial charge on any atom is -0.485 e. The summed E-state index contributed by atoms with van der Waals surface area (Å²) in [6.07, 6.45) is 4.09. The lowest BCUT2D eigenvalue weighted by atomic mass is 9.88. The molecule has 0 saturated heterocycles. The van der Waals surface area contributed by atoms with Crippen molar-refractivity contribution in [2.45, 2.75) is 46.6 Å². The average molecular weight is 527 g/mol. The van der Waals surface area contributed by atoms with Crippen LogP contribution >= 0.6 is 11.6 Å². The summed E-state index contributed by atoms with van der Waals surface area (Å²) in [5.41, 5.74) is 1.32. The van der Waals surface area contributed by atoms with Crippen LogP contribution in [0.4, 0.5) is 8.78 Å². The predicted octanol–water partition coefficient (Wildman–Crippen LogP) is 5.20. The third-order valence-electron chi connectivity index (χ3n) is 5.87. The molecular formula is C27H25ClF2N4O3. The van der Waals surface area contributed by atoms with Crippen LogP contribution in [0.25, 0.3) is 11.4 Å². The molecule has 10 heteroatoms. The van der Waals surface area contributed by atoms with E-state index < -0.39 is 17.2 Å². The summed E-state index contributed by atoms with van der Waals surface area (Å²) in [5.74, 6) is -1.65. The molecule has 7 nitrogen and oxygen atoms in total. The first-order valence-electron chi connectivity index (χ1n) is 11.4. The van der Waals surface area contributed by atoms with Gasteiger partial charge in [-0.1, -0.05) is 38.4 Å². The van der Waals surface area contributed by atoms with E-state index in [2.05, 4.69) is 9.97 Å². The van der Waals surface area contributed by atoms with Gasteiger partial charge < -0.3 is 4.74 Å². The van der Waals surface area contributed by atoms with Crippen molar-refractivity contribution in [3.63, 3.8) is 0 Å². The molecule has 4 aromatic heterocycles. The van der Waals surface area contributed by atoms with Gasteiger partial charge in [-0.05, 0) is 31.4 Å². The second-order valence-electron chi connectivity index (χ2n) is 9.62. The molecule has 0 atom stereocenters. The summed E-state index contributed by atoms with van der Waals surface area (Å²) in [7, 11) is 0. The zero-order valence-corrected chi connectivity index (χ0v) is 21.7. The van der Waals surface area contributed by atoms with Crippen LogP contribution in [0.3, 0.4) is 0 Å². The van der Waals surface area contributed by atoms with E-state index in [9.17, 15) is 18.4 Å². The van der Waals surface area contributed by atoms with Gasteiger partial charge in [0.05, 0.1) is 29.5 Å². The van der Waals surface area contributed by atoms with Crippen LogP contribution < -0.4 is 15.9 Å². The Morgan fingerprint density at radius 2 is 1.76 bits per heavy atom. The molecule has 0 aromatic carbocycles. The molecule has 0 aliphatic rings. The van der Waals surface area contributed by atoms with Gasteiger partial charge in [0.1, 0.15) is 28.9 Å². The van der Waals surface area contributed by atoms with Crippen molar-refractivity contribution in [3.05, 3.63) is 109 Å². The molecule has 192 valence electrons. The van der Waals surface area contributed by atoms with Crippen molar-refractivity contribution in [2.75, 3.05) is 0 Å². The number of hydrogen-bond donors (Lipinski definition) is 0. The summed E-state index contributed by atoms with van der Waals surface area (Å²) in [4.78, 5) is 34.6. The molecule has 0 aliphatic heterocycles. The Labute approximate surface area is 217 Å². The maximum absolute atomic E-state index is 13.9. The standard InChI is InChI=1S/C27H25ClF2N4O3/c1-15-9-23(37-14-21-20(30)10-17(29)12-32-21)24(28)26(36)34(15)22-11-18(13-31-16(22)2)33-8-6-7-19(25(33)35)27(3,4)5/h6-13H,14H2,1-5H3. The highest BCUT2D eigenvalue weighted by Gasteiger charge is 2.21. The monoisotopic (exact) mass is 526 g/mol. The van der Waals surface area contributed by atoms with Gasteiger partial charge in [-0.25, -0.2) is 8.78 Å². The van der Waals surface area contributed by atoms with Crippen molar-refractivity contribution in [2.24, 2.45) is 0 Å². The molecule has 0 bridgehead atoms. The van der Waals surface area contributed by atoms with Crippen LogP contribution in [0.5, 0.6) is 5.75 Å². The Hall–Kier alpha value is -3.85. The normalized spacial score (nSPS) is 11.6. The second-order valence-corrected chi connectivity index (χ2v) is 10.00. The van der Waals surface area contributed by atoms with Gasteiger partial charge in [-0.3, -0.25) is 28.7 Å². The Kier molecular flexibility index (Phi) is 7.01.